The van der Waals surface area contributed by atoms with Gasteiger partial charge in [0.05, 0.1) is 6.61 Å². The van der Waals surface area contributed by atoms with Crippen molar-refractivity contribution in [2.75, 3.05) is 26.2 Å². The summed E-state index contributed by atoms with van der Waals surface area (Å²) in [5.74, 6) is 1.08. The summed E-state index contributed by atoms with van der Waals surface area (Å²) in [6.45, 7) is 11.2. The summed E-state index contributed by atoms with van der Waals surface area (Å²) in [4.78, 5) is 2.65. The molecule has 0 saturated carbocycles. The van der Waals surface area contributed by atoms with Gasteiger partial charge >= 0.3 is 0 Å². The molecule has 1 aromatic rings. The molecule has 20 heavy (non-hydrogen) atoms. The number of nitrogens with zero attached hydrogens (tertiary/aromatic N) is 1. The molecule has 110 valence electrons. The molecule has 2 unspecified atom stereocenters. The van der Waals surface area contributed by atoms with E-state index in [1.54, 1.807) is 0 Å². The highest BCUT2D eigenvalue weighted by atomic mass is 16.5. The molecule has 0 aliphatic carbocycles. The molecule has 2 heterocycles. The van der Waals surface area contributed by atoms with Crippen LogP contribution in [-0.4, -0.2) is 37.2 Å². The van der Waals surface area contributed by atoms with Gasteiger partial charge in [0.15, 0.2) is 0 Å². The van der Waals surface area contributed by atoms with Crippen molar-refractivity contribution in [3.05, 3.63) is 29.8 Å². The Morgan fingerprint density at radius 1 is 1.25 bits per heavy atom. The molecule has 0 aromatic heterocycles. The predicted octanol–water partition coefficient (Wildman–Crippen LogP) is 2.83. The Labute approximate surface area is 122 Å². The highest BCUT2D eigenvalue weighted by Crippen LogP contribution is 2.37. The van der Waals surface area contributed by atoms with Gasteiger partial charge in [0.25, 0.3) is 0 Å². The number of hydrogen-bond donors (Lipinski definition) is 1. The molecule has 0 amide bonds. The molecule has 1 fully saturated rings. The van der Waals surface area contributed by atoms with Crippen LogP contribution >= 0.6 is 0 Å². The van der Waals surface area contributed by atoms with Crippen molar-refractivity contribution in [2.24, 2.45) is 5.41 Å². The fraction of sp³-hybridized carbons (Fsp3) is 0.647. The number of rotatable bonds is 1. The third kappa shape index (κ3) is 2.70. The lowest BCUT2D eigenvalue weighted by Gasteiger charge is -2.44. The van der Waals surface area contributed by atoms with E-state index in [9.17, 15) is 0 Å². The minimum absolute atomic E-state index is 0.309. The van der Waals surface area contributed by atoms with Gasteiger partial charge in [-0.1, -0.05) is 39.0 Å². The van der Waals surface area contributed by atoms with E-state index < -0.39 is 0 Å². The first kappa shape index (κ1) is 13.9. The number of benzene rings is 1. The lowest BCUT2D eigenvalue weighted by molar-refractivity contribution is 0.0758. The number of ether oxygens (including phenoxy) is 1. The largest absolute Gasteiger partial charge is 0.493 e. The van der Waals surface area contributed by atoms with Crippen LogP contribution < -0.4 is 10.1 Å². The molecule has 2 atom stereocenters. The normalized spacial score (nSPS) is 27.8. The number of hydrogen-bond acceptors (Lipinski definition) is 3. The summed E-state index contributed by atoms with van der Waals surface area (Å²) in [7, 11) is 0. The zero-order valence-electron chi connectivity index (χ0n) is 12.9. The van der Waals surface area contributed by atoms with Gasteiger partial charge < -0.3 is 10.1 Å². The van der Waals surface area contributed by atoms with E-state index >= 15 is 0 Å². The Balaban J connectivity index is 1.80. The van der Waals surface area contributed by atoms with Gasteiger partial charge in [0.1, 0.15) is 5.75 Å². The number of fused-ring (bicyclic) bond motifs is 1. The lowest BCUT2D eigenvalue weighted by atomic mass is 9.84. The van der Waals surface area contributed by atoms with E-state index in [2.05, 4.69) is 55.3 Å². The number of nitrogens with one attached hydrogen (secondary N) is 1. The third-order valence-electron chi connectivity index (χ3n) is 4.62. The van der Waals surface area contributed by atoms with Crippen LogP contribution in [0.5, 0.6) is 5.75 Å². The fourth-order valence-corrected chi connectivity index (χ4v) is 3.34. The van der Waals surface area contributed by atoms with Gasteiger partial charge in [-0.05, 0) is 11.5 Å². The van der Waals surface area contributed by atoms with E-state index in [0.29, 0.717) is 17.5 Å². The number of para-hydroxylation sites is 1. The van der Waals surface area contributed by atoms with E-state index in [-0.39, 0.29) is 0 Å². The van der Waals surface area contributed by atoms with E-state index in [1.807, 2.05) is 0 Å². The summed E-state index contributed by atoms with van der Waals surface area (Å²) < 4.78 is 5.80. The molecule has 2 aliphatic heterocycles. The minimum atomic E-state index is 0.309. The molecule has 0 spiro atoms. The van der Waals surface area contributed by atoms with E-state index in [1.165, 1.54) is 5.56 Å². The average molecular weight is 274 g/mol. The van der Waals surface area contributed by atoms with Crippen molar-refractivity contribution >= 4 is 0 Å². The van der Waals surface area contributed by atoms with Crippen molar-refractivity contribution < 1.29 is 4.74 Å². The maximum atomic E-state index is 5.80. The van der Waals surface area contributed by atoms with Crippen LogP contribution in [0.2, 0.25) is 0 Å². The molecule has 2 aliphatic rings. The van der Waals surface area contributed by atoms with Gasteiger partial charge in [-0.2, -0.15) is 0 Å². The molecule has 1 aromatic carbocycles. The van der Waals surface area contributed by atoms with Crippen molar-refractivity contribution in [2.45, 2.75) is 39.3 Å². The summed E-state index contributed by atoms with van der Waals surface area (Å²) >= 11 is 0. The Hall–Kier alpha value is -1.06. The molecule has 0 radical (unpaired) electrons. The zero-order chi connectivity index (χ0) is 14.2. The monoisotopic (exact) mass is 274 g/mol. The summed E-state index contributed by atoms with van der Waals surface area (Å²) in [5.41, 5.74) is 1.68. The van der Waals surface area contributed by atoms with Crippen molar-refractivity contribution in [1.29, 1.82) is 0 Å². The molecule has 3 nitrogen and oxygen atoms in total. The topological polar surface area (TPSA) is 24.5 Å². The first-order valence-electron chi connectivity index (χ1n) is 7.75. The van der Waals surface area contributed by atoms with Crippen LogP contribution in [0.4, 0.5) is 0 Å². The summed E-state index contributed by atoms with van der Waals surface area (Å²) in [6.07, 6.45) is 1.11. The maximum Gasteiger partial charge on any atom is 0.124 e. The fourth-order valence-electron chi connectivity index (χ4n) is 3.34. The van der Waals surface area contributed by atoms with Crippen LogP contribution in [0.3, 0.4) is 0 Å². The van der Waals surface area contributed by atoms with Crippen molar-refractivity contribution in [1.82, 2.24) is 10.2 Å². The molecule has 1 N–H and O–H groups in total. The Bertz CT molecular complexity index is 466. The number of piperazine rings is 1. The van der Waals surface area contributed by atoms with Gasteiger partial charge in [0, 0.05) is 43.7 Å². The lowest BCUT2D eigenvalue weighted by Crippen LogP contribution is -2.56. The SMILES string of the molecule is CC(C)(C)C1CN(C2CCOc3ccccc32)CCN1. The van der Waals surface area contributed by atoms with E-state index in [0.717, 1.165) is 38.4 Å². The molecule has 1 saturated heterocycles. The maximum absolute atomic E-state index is 5.80. The predicted molar refractivity (Wildman–Crippen MR) is 82.1 cm³/mol. The van der Waals surface area contributed by atoms with Crippen molar-refractivity contribution in [3.63, 3.8) is 0 Å². The highest BCUT2D eigenvalue weighted by Gasteiger charge is 2.34. The molecule has 3 rings (SSSR count). The first-order valence-corrected chi connectivity index (χ1v) is 7.75. The highest BCUT2D eigenvalue weighted by molar-refractivity contribution is 5.37. The van der Waals surface area contributed by atoms with E-state index in [4.69, 9.17) is 4.74 Å². The molecular formula is C17H26N2O. The average Bonchev–Trinajstić information content (AvgIpc) is 2.46. The third-order valence-corrected chi connectivity index (χ3v) is 4.62. The van der Waals surface area contributed by atoms with Gasteiger partial charge in [0.2, 0.25) is 0 Å². The Morgan fingerprint density at radius 3 is 2.85 bits per heavy atom. The smallest absolute Gasteiger partial charge is 0.124 e. The van der Waals surface area contributed by atoms with Crippen molar-refractivity contribution in [3.8, 4) is 5.75 Å². The second-order valence-electron chi connectivity index (χ2n) is 7.06. The first-order chi connectivity index (χ1) is 9.55. The molecule has 0 bridgehead atoms. The van der Waals surface area contributed by atoms with Crippen LogP contribution in [-0.2, 0) is 0 Å². The summed E-state index contributed by atoms with van der Waals surface area (Å²) in [5, 5.41) is 3.68. The zero-order valence-corrected chi connectivity index (χ0v) is 12.9. The molecule has 3 heteroatoms. The van der Waals surface area contributed by atoms with Crippen LogP contribution in [0.1, 0.15) is 38.8 Å². The second kappa shape index (κ2) is 5.38. The van der Waals surface area contributed by atoms with Crippen LogP contribution in [0.15, 0.2) is 24.3 Å². The Kier molecular flexibility index (Phi) is 3.74. The summed E-state index contributed by atoms with van der Waals surface area (Å²) in [6, 6.07) is 9.61. The second-order valence-corrected chi connectivity index (χ2v) is 7.06. The van der Waals surface area contributed by atoms with Gasteiger partial charge in [-0.3, -0.25) is 4.90 Å². The molecular weight excluding hydrogens is 248 g/mol. The van der Waals surface area contributed by atoms with Crippen LogP contribution in [0.25, 0.3) is 0 Å². The van der Waals surface area contributed by atoms with Crippen LogP contribution in [0, 0.1) is 5.41 Å². The van der Waals surface area contributed by atoms with Gasteiger partial charge in [-0.15, -0.1) is 0 Å². The quantitative estimate of drug-likeness (QED) is 0.852. The standard InChI is InChI=1S/C17H26N2O/c1-17(2,3)16-12-19(10-9-18-16)14-8-11-20-15-7-5-4-6-13(14)15/h4-7,14,16,18H,8-12H2,1-3H3. The van der Waals surface area contributed by atoms with Gasteiger partial charge in [-0.25, -0.2) is 0 Å². The minimum Gasteiger partial charge on any atom is -0.493 e. The Morgan fingerprint density at radius 2 is 2.05 bits per heavy atom.